The summed E-state index contributed by atoms with van der Waals surface area (Å²) in [6, 6.07) is 16.0. The number of benzene rings is 3. The van der Waals surface area contributed by atoms with Crippen molar-refractivity contribution in [1.82, 2.24) is 9.88 Å². The molecule has 0 radical (unpaired) electrons. The number of amides is 2. The highest BCUT2D eigenvalue weighted by atomic mass is 32.1. The van der Waals surface area contributed by atoms with Gasteiger partial charge in [-0.25, -0.2) is 4.98 Å². The third-order valence-electron chi connectivity index (χ3n) is 6.31. The van der Waals surface area contributed by atoms with Crippen molar-refractivity contribution in [2.24, 2.45) is 0 Å². The summed E-state index contributed by atoms with van der Waals surface area (Å²) in [5.74, 6) is 0.0147. The van der Waals surface area contributed by atoms with E-state index in [1.54, 1.807) is 19.2 Å². The predicted octanol–water partition coefficient (Wildman–Crippen LogP) is 5.23. The molecule has 0 spiro atoms. The summed E-state index contributed by atoms with van der Waals surface area (Å²) >= 11 is 1.32. The van der Waals surface area contributed by atoms with Crippen LogP contribution in [0.2, 0.25) is 0 Å². The average molecular weight is 488 g/mol. The van der Waals surface area contributed by atoms with Crippen LogP contribution < -0.4 is 10.1 Å². The molecular formula is C27H25N3O4S. The third-order valence-corrected chi connectivity index (χ3v) is 7.07. The van der Waals surface area contributed by atoms with E-state index < -0.39 is 6.04 Å². The molecule has 8 heteroatoms. The number of aryl methyl sites for hydroxylation is 1. The first-order chi connectivity index (χ1) is 17.0. The van der Waals surface area contributed by atoms with E-state index >= 15 is 0 Å². The molecule has 3 aromatic carbocycles. The lowest BCUT2D eigenvalue weighted by Crippen LogP contribution is -2.43. The van der Waals surface area contributed by atoms with Crippen LogP contribution in [0.4, 0.5) is 5.13 Å². The Kier molecular flexibility index (Phi) is 6.13. The molecule has 0 aliphatic carbocycles. The summed E-state index contributed by atoms with van der Waals surface area (Å²) in [7, 11) is 1.61. The van der Waals surface area contributed by atoms with E-state index in [0.717, 1.165) is 16.5 Å². The van der Waals surface area contributed by atoms with Gasteiger partial charge in [-0.15, -0.1) is 11.3 Å². The Balaban J connectivity index is 1.35. The van der Waals surface area contributed by atoms with Crippen LogP contribution in [-0.2, 0) is 4.79 Å². The zero-order chi connectivity index (χ0) is 24.5. The Hall–Kier alpha value is -3.91. The second-order valence-corrected chi connectivity index (χ2v) is 9.43. The van der Waals surface area contributed by atoms with Crippen LogP contribution in [0.3, 0.4) is 0 Å². The minimum absolute atomic E-state index is 0.0594. The van der Waals surface area contributed by atoms with Crippen LogP contribution in [0, 0.1) is 6.92 Å². The molecule has 1 aliphatic heterocycles. The van der Waals surface area contributed by atoms with Crippen LogP contribution in [-0.4, -0.2) is 46.5 Å². The van der Waals surface area contributed by atoms with Gasteiger partial charge in [0, 0.05) is 22.9 Å². The van der Waals surface area contributed by atoms with E-state index in [-0.39, 0.29) is 23.1 Å². The number of anilines is 1. The number of carbonyl (C=O) groups excluding carboxylic acids is 2. The number of phenolic OH excluding ortho intramolecular Hbond substituents is 1. The van der Waals surface area contributed by atoms with Crippen LogP contribution >= 0.6 is 11.3 Å². The molecule has 1 saturated heterocycles. The van der Waals surface area contributed by atoms with E-state index in [9.17, 15) is 14.7 Å². The van der Waals surface area contributed by atoms with Gasteiger partial charge in [-0.1, -0.05) is 42.0 Å². The first-order valence-electron chi connectivity index (χ1n) is 11.4. The summed E-state index contributed by atoms with van der Waals surface area (Å²) in [6.45, 7) is 2.45. The van der Waals surface area contributed by atoms with E-state index in [1.807, 2.05) is 54.8 Å². The molecule has 1 fully saturated rings. The topological polar surface area (TPSA) is 91.8 Å². The van der Waals surface area contributed by atoms with Crippen molar-refractivity contribution in [1.29, 1.82) is 0 Å². The van der Waals surface area contributed by atoms with Crippen molar-refractivity contribution in [3.8, 4) is 22.8 Å². The Labute approximate surface area is 207 Å². The summed E-state index contributed by atoms with van der Waals surface area (Å²) in [5, 5.41) is 17.4. The zero-order valence-electron chi connectivity index (χ0n) is 19.4. The number of aromatic nitrogens is 1. The van der Waals surface area contributed by atoms with Crippen molar-refractivity contribution >= 4 is 39.1 Å². The van der Waals surface area contributed by atoms with Gasteiger partial charge in [0.1, 0.15) is 17.5 Å². The second-order valence-electron chi connectivity index (χ2n) is 8.57. The quantitative estimate of drug-likeness (QED) is 0.402. The molecule has 178 valence electrons. The minimum atomic E-state index is -0.630. The molecule has 1 unspecified atom stereocenters. The van der Waals surface area contributed by atoms with Gasteiger partial charge in [0.2, 0.25) is 5.91 Å². The lowest BCUT2D eigenvalue weighted by Gasteiger charge is -2.24. The van der Waals surface area contributed by atoms with Gasteiger partial charge in [-0.3, -0.25) is 9.59 Å². The van der Waals surface area contributed by atoms with Crippen molar-refractivity contribution in [2.75, 3.05) is 19.0 Å². The Morgan fingerprint density at radius 2 is 2.00 bits per heavy atom. The average Bonchev–Trinajstić information content (AvgIpc) is 3.54. The Bertz CT molecular complexity index is 1430. The van der Waals surface area contributed by atoms with Gasteiger partial charge in [0.25, 0.3) is 5.91 Å². The molecule has 4 aromatic rings. The second kappa shape index (κ2) is 9.38. The van der Waals surface area contributed by atoms with E-state index in [4.69, 9.17) is 4.74 Å². The molecule has 2 heterocycles. The van der Waals surface area contributed by atoms with Crippen LogP contribution in [0.25, 0.3) is 22.0 Å². The van der Waals surface area contributed by atoms with Crippen LogP contribution in [0.1, 0.15) is 28.8 Å². The van der Waals surface area contributed by atoms with E-state index in [2.05, 4.69) is 10.3 Å². The largest absolute Gasteiger partial charge is 0.506 e. The summed E-state index contributed by atoms with van der Waals surface area (Å²) in [6.07, 6.45) is 1.26. The fourth-order valence-electron chi connectivity index (χ4n) is 4.53. The minimum Gasteiger partial charge on any atom is -0.506 e. The lowest BCUT2D eigenvalue weighted by molar-refractivity contribution is -0.119. The molecule has 1 aromatic heterocycles. The molecule has 0 bridgehead atoms. The number of rotatable bonds is 5. The number of nitrogens with zero attached hydrogens (tertiary/aromatic N) is 2. The van der Waals surface area contributed by atoms with Gasteiger partial charge in [-0.05, 0) is 43.4 Å². The number of methoxy groups -OCH3 is 1. The lowest BCUT2D eigenvalue weighted by atomic mass is 10.0. The van der Waals surface area contributed by atoms with Gasteiger partial charge >= 0.3 is 0 Å². The number of likely N-dealkylation sites (tertiary alicyclic amines) is 1. The van der Waals surface area contributed by atoms with E-state index in [1.165, 1.54) is 16.2 Å². The van der Waals surface area contributed by atoms with Crippen molar-refractivity contribution in [2.45, 2.75) is 25.8 Å². The number of nitrogens with one attached hydrogen (secondary N) is 1. The number of hydrogen-bond donors (Lipinski definition) is 2. The van der Waals surface area contributed by atoms with Gasteiger partial charge < -0.3 is 20.1 Å². The maximum Gasteiger partial charge on any atom is 0.258 e. The highest BCUT2D eigenvalue weighted by Gasteiger charge is 2.36. The molecule has 7 nitrogen and oxygen atoms in total. The first-order valence-corrected chi connectivity index (χ1v) is 12.3. The fraction of sp³-hybridized carbons (Fsp3) is 0.222. The standard InChI is InChI=1S/C27H25N3O4S/c1-16-9-12-23(34-2)20(14-16)21-15-35-27(28-21)29-25(32)22-8-5-13-30(22)26(33)19-11-10-17-6-3-4-7-18(17)24(19)31/h3-4,6-7,9-12,14-15,22,31H,5,8,13H2,1-2H3,(H,28,29,32). The van der Waals surface area contributed by atoms with Gasteiger partial charge in [-0.2, -0.15) is 0 Å². The molecule has 2 amide bonds. The molecule has 0 saturated carbocycles. The predicted molar refractivity (Wildman–Crippen MR) is 137 cm³/mol. The first kappa shape index (κ1) is 22.9. The third kappa shape index (κ3) is 4.33. The zero-order valence-corrected chi connectivity index (χ0v) is 20.3. The maximum absolute atomic E-state index is 13.3. The van der Waals surface area contributed by atoms with Gasteiger partial charge in [0.05, 0.1) is 18.4 Å². The van der Waals surface area contributed by atoms with Gasteiger partial charge in [0.15, 0.2) is 5.13 Å². The SMILES string of the molecule is COc1ccc(C)cc1-c1csc(NC(=O)C2CCCN2C(=O)c2ccc3ccccc3c2O)n1. The number of fused-ring (bicyclic) bond motifs is 1. The normalized spacial score (nSPS) is 15.4. The van der Waals surface area contributed by atoms with Crippen LogP contribution in [0.5, 0.6) is 11.5 Å². The molecule has 2 N–H and O–H groups in total. The Morgan fingerprint density at radius 3 is 2.83 bits per heavy atom. The molecule has 5 rings (SSSR count). The number of hydrogen-bond acceptors (Lipinski definition) is 6. The summed E-state index contributed by atoms with van der Waals surface area (Å²) < 4.78 is 5.46. The van der Waals surface area contributed by atoms with Crippen molar-refractivity contribution < 1.29 is 19.4 Å². The Morgan fingerprint density at radius 1 is 1.17 bits per heavy atom. The summed E-state index contributed by atoms with van der Waals surface area (Å²) in [4.78, 5) is 32.6. The number of phenols is 1. The number of carbonyl (C=O) groups is 2. The number of thiazole rings is 1. The smallest absolute Gasteiger partial charge is 0.258 e. The number of ether oxygens (including phenoxy) is 1. The number of aromatic hydroxyl groups is 1. The van der Waals surface area contributed by atoms with Crippen LogP contribution in [0.15, 0.2) is 60.0 Å². The molecule has 1 aliphatic rings. The maximum atomic E-state index is 13.3. The molecular weight excluding hydrogens is 462 g/mol. The highest BCUT2D eigenvalue weighted by Crippen LogP contribution is 2.34. The molecule has 1 atom stereocenters. The fourth-order valence-corrected chi connectivity index (χ4v) is 5.24. The van der Waals surface area contributed by atoms with Crippen molar-refractivity contribution in [3.63, 3.8) is 0 Å². The molecule has 35 heavy (non-hydrogen) atoms. The highest BCUT2D eigenvalue weighted by molar-refractivity contribution is 7.14. The summed E-state index contributed by atoms with van der Waals surface area (Å²) in [5.41, 5.74) is 2.85. The van der Waals surface area contributed by atoms with Crippen molar-refractivity contribution in [3.05, 3.63) is 71.1 Å². The monoisotopic (exact) mass is 487 g/mol. The van der Waals surface area contributed by atoms with E-state index in [0.29, 0.717) is 41.3 Å².